The Balaban J connectivity index is 1.38. The smallest absolute Gasteiger partial charge is 0.266 e. The molecule has 34 heavy (non-hydrogen) atoms. The molecule has 2 fully saturated rings. The Kier molecular flexibility index (Phi) is 6.36. The molecule has 1 aromatic heterocycles. The number of piperazine rings is 1. The van der Waals surface area contributed by atoms with E-state index >= 15 is 0 Å². The topological polar surface area (TPSA) is 75.5 Å². The number of carbonyl (C=O) groups is 2. The molecule has 7 nitrogen and oxygen atoms in total. The van der Waals surface area contributed by atoms with Crippen molar-refractivity contribution >= 4 is 46.1 Å². The highest BCUT2D eigenvalue weighted by Gasteiger charge is 2.35. The normalized spacial score (nSPS) is 16.2. The average Bonchev–Trinajstić information content (AvgIpc) is 3.70. The Hall–Kier alpha value is -2.84. The molecule has 1 aliphatic heterocycles. The second kappa shape index (κ2) is 9.43. The van der Waals surface area contributed by atoms with E-state index in [1.807, 2.05) is 30.0 Å². The molecule has 0 spiro atoms. The summed E-state index contributed by atoms with van der Waals surface area (Å²) in [5, 5.41) is 1.52. The fourth-order valence-corrected chi connectivity index (χ4v) is 5.32. The number of thioether (sulfide) groups is 1. The number of hydrogen-bond donors (Lipinski definition) is 0. The largest absolute Gasteiger partial charge is 0.339 e. The van der Waals surface area contributed by atoms with Crippen LogP contribution in [-0.4, -0.2) is 63.1 Å². The van der Waals surface area contributed by atoms with Crippen molar-refractivity contribution in [2.75, 3.05) is 31.9 Å². The third-order valence-corrected chi connectivity index (χ3v) is 7.75. The van der Waals surface area contributed by atoms with Crippen molar-refractivity contribution in [2.24, 2.45) is 5.92 Å². The third kappa shape index (κ3) is 4.44. The first-order valence-corrected chi connectivity index (χ1v) is 12.8. The van der Waals surface area contributed by atoms with Crippen LogP contribution in [0.4, 0.5) is 0 Å². The predicted molar refractivity (Wildman–Crippen MR) is 134 cm³/mol. The van der Waals surface area contributed by atoms with Crippen molar-refractivity contribution in [3.8, 4) is 5.69 Å². The number of nitrogens with zero attached hydrogens (tertiary/aromatic N) is 4. The second-order valence-corrected chi connectivity index (χ2v) is 10.1. The van der Waals surface area contributed by atoms with E-state index < -0.39 is 0 Å². The number of rotatable bonds is 5. The summed E-state index contributed by atoms with van der Waals surface area (Å²) in [6.07, 6.45) is 1.97. The van der Waals surface area contributed by atoms with Gasteiger partial charge in [-0.25, -0.2) is 4.98 Å². The Labute approximate surface area is 206 Å². The molecular formula is C25H25ClN4O3S. The molecule has 1 saturated carbocycles. The van der Waals surface area contributed by atoms with Crippen LogP contribution in [0.25, 0.3) is 16.6 Å². The minimum atomic E-state index is -0.196. The molecule has 176 valence electrons. The van der Waals surface area contributed by atoms with E-state index in [2.05, 4.69) is 0 Å². The van der Waals surface area contributed by atoms with Crippen LogP contribution in [-0.2, 0) is 9.59 Å². The molecule has 3 aromatic rings. The summed E-state index contributed by atoms with van der Waals surface area (Å²) < 4.78 is 1.55. The minimum absolute atomic E-state index is 0.0275. The maximum Gasteiger partial charge on any atom is 0.266 e. The van der Waals surface area contributed by atoms with Crippen LogP contribution >= 0.6 is 23.4 Å². The molecule has 9 heteroatoms. The third-order valence-electron chi connectivity index (χ3n) is 6.42. The summed E-state index contributed by atoms with van der Waals surface area (Å²) in [5.41, 5.74) is 1.81. The SMILES string of the molecule is Cc1c(Cl)cccc1-n1c(SCC(=O)N2CCN(C(=O)C3CC3)CC2)nc2ccccc2c1=O. The monoisotopic (exact) mass is 496 g/mol. The Morgan fingerprint density at radius 3 is 2.47 bits per heavy atom. The number of carbonyl (C=O) groups excluding carboxylic acids is 2. The molecule has 2 heterocycles. The van der Waals surface area contributed by atoms with Crippen LogP contribution in [0.1, 0.15) is 18.4 Å². The van der Waals surface area contributed by atoms with Crippen molar-refractivity contribution in [1.82, 2.24) is 19.4 Å². The van der Waals surface area contributed by atoms with Crippen molar-refractivity contribution in [1.29, 1.82) is 0 Å². The highest BCUT2D eigenvalue weighted by atomic mass is 35.5. The maximum atomic E-state index is 13.5. The lowest BCUT2D eigenvalue weighted by Gasteiger charge is -2.35. The van der Waals surface area contributed by atoms with Gasteiger partial charge in [0.2, 0.25) is 11.8 Å². The molecule has 5 rings (SSSR count). The number of fused-ring (bicyclic) bond motifs is 1. The van der Waals surface area contributed by atoms with Gasteiger partial charge in [-0.15, -0.1) is 0 Å². The maximum absolute atomic E-state index is 13.5. The van der Waals surface area contributed by atoms with Gasteiger partial charge < -0.3 is 9.80 Å². The Bertz CT molecular complexity index is 1330. The molecule has 2 aliphatic rings. The van der Waals surface area contributed by atoms with E-state index in [0.29, 0.717) is 52.9 Å². The zero-order chi connectivity index (χ0) is 23.8. The van der Waals surface area contributed by atoms with E-state index in [4.69, 9.17) is 16.6 Å². The number of benzene rings is 2. The fraction of sp³-hybridized carbons (Fsp3) is 0.360. The van der Waals surface area contributed by atoms with E-state index in [1.165, 1.54) is 11.8 Å². The fourth-order valence-electron chi connectivity index (χ4n) is 4.24. The number of para-hydroxylation sites is 1. The van der Waals surface area contributed by atoms with Gasteiger partial charge in [0.05, 0.1) is 22.3 Å². The average molecular weight is 497 g/mol. The van der Waals surface area contributed by atoms with Gasteiger partial charge in [-0.2, -0.15) is 0 Å². The highest BCUT2D eigenvalue weighted by Crippen LogP contribution is 2.31. The van der Waals surface area contributed by atoms with Gasteiger partial charge in [0.25, 0.3) is 5.56 Å². The molecule has 2 aromatic carbocycles. The van der Waals surface area contributed by atoms with Crippen LogP contribution in [0, 0.1) is 12.8 Å². The standard InChI is InChI=1S/C25H25ClN4O3S/c1-16-19(26)6-4-8-21(16)30-24(33)18-5-2-3-7-20(18)27-25(30)34-15-22(31)28-11-13-29(14-12-28)23(32)17-9-10-17/h2-8,17H,9-15H2,1H3. The minimum Gasteiger partial charge on any atom is -0.339 e. The van der Waals surface area contributed by atoms with Crippen LogP contribution in [0.15, 0.2) is 52.4 Å². The highest BCUT2D eigenvalue weighted by molar-refractivity contribution is 7.99. The molecule has 0 atom stereocenters. The summed E-state index contributed by atoms with van der Waals surface area (Å²) in [6, 6.07) is 12.6. The van der Waals surface area contributed by atoms with E-state index in [1.54, 1.807) is 33.7 Å². The van der Waals surface area contributed by atoms with Crippen LogP contribution in [0.3, 0.4) is 0 Å². The van der Waals surface area contributed by atoms with Gasteiger partial charge in [-0.05, 0) is 49.6 Å². The van der Waals surface area contributed by atoms with E-state index in [-0.39, 0.29) is 29.0 Å². The molecule has 0 radical (unpaired) electrons. The zero-order valence-electron chi connectivity index (χ0n) is 18.9. The number of hydrogen-bond acceptors (Lipinski definition) is 5. The quantitative estimate of drug-likeness (QED) is 0.399. The predicted octanol–water partition coefficient (Wildman–Crippen LogP) is 3.52. The van der Waals surface area contributed by atoms with Gasteiger partial charge in [-0.1, -0.05) is 41.6 Å². The lowest BCUT2D eigenvalue weighted by atomic mass is 10.2. The molecule has 2 amide bonds. The van der Waals surface area contributed by atoms with Gasteiger partial charge >= 0.3 is 0 Å². The summed E-state index contributed by atoms with van der Waals surface area (Å²) in [6.45, 7) is 4.08. The molecule has 0 N–H and O–H groups in total. The van der Waals surface area contributed by atoms with Gasteiger partial charge in [-0.3, -0.25) is 19.0 Å². The van der Waals surface area contributed by atoms with Crippen molar-refractivity contribution < 1.29 is 9.59 Å². The summed E-state index contributed by atoms with van der Waals surface area (Å²) >= 11 is 7.59. The van der Waals surface area contributed by atoms with Crippen LogP contribution in [0.2, 0.25) is 5.02 Å². The van der Waals surface area contributed by atoms with Crippen molar-refractivity contribution in [3.63, 3.8) is 0 Å². The summed E-state index contributed by atoms with van der Waals surface area (Å²) in [4.78, 5) is 47.1. The Morgan fingerprint density at radius 1 is 1.03 bits per heavy atom. The first-order valence-electron chi connectivity index (χ1n) is 11.4. The van der Waals surface area contributed by atoms with Gasteiger partial charge in [0.1, 0.15) is 0 Å². The lowest BCUT2D eigenvalue weighted by Crippen LogP contribution is -2.51. The first-order chi connectivity index (χ1) is 16.4. The summed E-state index contributed by atoms with van der Waals surface area (Å²) in [7, 11) is 0. The number of halogens is 1. The van der Waals surface area contributed by atoms with Gasteiger partial charge in [0.15, 0.2) is 5.16 Å². The van der Waals surface area contributed by atoms with Crippen LogP contribution < -0.4 is 5.56 Å². The van der Waals surface area contributed by atoms with E-state index in [0.717, 1.165) is 18.4 Å². The molecule has 1 saturated heterocycles. The van der Waals surface area contributed by atoms with Crippen molar-refractivity contribution in [3.05, 3.63) is 63.4 Å². The lowest BCUT2D eigenvalue weighted by molar-refractivity contribution is -0.139. The molecule has 0 bridgehead atoms. The summed E-state index contributed by atoms with van der Waals surface area (Å²) in [5.74, 6) is 0.549. The Morgan fingerprint density at radius 2 is 1.74 bits per heavy atom. The molecular weight excluding hydrogens is 472 g/mol. The zero-order valence-corrected chi connectivity index (χ0v) is 20.4. The second-order valence-electron chi connectivity index (χ2n) is 8.71. The van der Waals surface area contributed by atoms with Crippen molar-refractivity contribution in [2.45, 2.75) is 24.9 Å². The van der Waals surface area contributed by atoms with Gasteiger partial charge in [0, 0.05) is 37.1 Å². The first kappa shape index (κ1) is 22.9. The van der Waals surface area contributed by atoms with Crippen LogP contribution in [0.5, 0.6) is 0 Å². The number of aromatic nitrogens is 2. The van der Waals surface area contributed by atoms with E-state index in [9.17, 15) is 14.4 Å². The molecule has 0 unspecified atom stereocenters. The molecule has 1 aliphatic carbocycles. The number of amides is 2.